The van der Waals surface area contributed by atoms with Gasteiger partial charge < -0.3 is 10.2 Å². The third-order valence-electron chi connectivity index (χ3n) is 5.03. The number of likely N-dealkylation sites (tertiary alicyclic amines) is 1. The number of rotatable bonds is 3. The Morgan fingerprint density at radius 2 is 1.80 bits per heavy atom. The van der Waals surface area contributed by atoms with Crippen molar-refractivity contribution in [2.75, 3.05) is 18.4 Å². The molecule has 1 aliphatic heterocycles. The predicted molar refractivity (Wildman–Crippen MR) is 81.4 cm³/mol. The van der Waals surface area contributed by atoms with E-state index in [9.17, 15) is 4.39 Å². The Hall–Kier alpha value is -1.09. The Morgan fingerprint density at radius 3 is 2.40 bits per heavy atom. The van der Waals surface area contributed by atoms with Gasteiger partial charge in [0.05, 0.1) is 5.69 Å². The van der Waals surface area contributed by atoms with Gasteiger partial charge in [0.25, 0.3) is 0 Å². The van der Waals surface area contributed by atoms with E-state index in [2.05, 4.69) is 24.1 Å². The van der Waals surface area contributed by atoms with Crippen LogP contribution in [-0.4, -0.2) is 30.1 Å². The third-order valence-corrected chi connectivity index (χ3v) is 5.03. The van der Waals surface area contributed by atoms with Crippen molar-refractivity contribution in [3.05, 3.63) is 30.1 Å². The molecule has 1 saturated heterocycles. The maximum absolute atomic E-state index is 13.9. The number of hydrogen-bond acceptors (Lipinski definition) is 2. The number of para-hydroxylation sites is 1. The van der Waals surface area contributed by atoms with Crippen molar-refractivity contribution in [3.63, 3.8) is 0 Å². The van der Waals surface area contributed by atoms with E-state index in [0.717, 1.165) is 13.1 Å². The normalized spacial score (nSPS) is 30.5. The molecule has 1 heterocycles. The number of nitrogens with one attached hydrogen (secondary N) is 1. The predicted octanol–water partition coefficient (Wildman–Crippen LogP) is 3.75. The Kier molecular flexibility index (Phi) is 3.97. The average molecular weight is 276 g/mol. The highest BCUT2D eigenvalue weighted by atomic mass is 19.1. The number of hydrogen-bond donors (Lipinski definition) is 1. The lowest BCUT2D eigenvalue weighted by Gasteiger charge is -2.49. The monoisotopic (exact) mass is 276 g/mol. The van der Waals surface area contributed by atoms with E-state index in [1.165, 1.54) is 19.3 Å². The molecular weight excluding hydrogens is 251 g/mol. The molecule has 3 heteroatoms. The minimum Gasteiger partial charge on any atom is -0.379 e. The average Bonchev–Trinajstić information content (AvgIpc) is 2.40. The zero-order chi connectivity index (χ0) is 14.1. The maximum Gasteiger partial charge on any atom is 0.146 e. The van der Waals surface area contributed by atoms with Crippen molar-refractivity contribution in [1.82, 2.24) is 4.90 Å². The first-order valence-electron chi connectivity index (χ1n) is 7.90. The van der Waals surface area contributed by atoms with Crippen molar-refractivity contribution >= 4 is 5.69 Å². The summed E-state index contributed by atoms with van der Waals surface area (Å²) in [5.41, 5.74) is 0.674. The molecule has 2 aliphatic rings. The van der Waals surface area contributed by atoms with Gasteiger partial charge in [-0.3, -0.25) is 0 Å². The molecule has 20 heavy (non-hydrogen) atoms. The van der Waals surface area contributed by atoms with E-state index < -0.39 is 0 Å². The van der Waals surface area contributed by atoms with Crippen LogP contribution in [0, 0.1) is 17.7 Å². The summed E-state index contributed by atoms with van der Waals surface area (Å²) in [4.78, 5) is 2.59. The minimum absolute atomic E-state index is 0.128. The highest BCUT2D eigenvalue weighted by Crippen LogP contribution is 2.37. The lowest BCUT2D eigenvalue weighted by Crippen LogP contribution is -2.56. The lowest BCUT2D eigenvalue weighted by molar-refractivity contribution is 0.0517. The fraction of sp³-hybridized carbons (Fsp3) is 0.647. The second-order valence-electron chi connectivity index (χ2n) is 6.65. The van der Waals surface area contributed by atoms with Crippen LogP contribution in [0.4, 0.5) is 10.1 Å². The van der Waals surface area contributed by atoms with Gasteiger partial charge in [-0.05, 0) is 50.7 Å². The second kappa shape index (κ2) is 5.72. The van der Waals surface area contributed by atoms with Crippen LogP contribution >= 0.6 is 0 Å². The van der Waals surface area contributed by atoms with Crippen molar-refractivity contribution in [2.24, 2.45) is 11.8 Å². The van der Waals surface area contributed by atoms with E-state index in [0.29, 0.717) is 29.6 Å². The molecule has 0 radical (unpaired) electrons. The fourth-order valence-electron chi connectivity index (χ4n) is 3.89. The number of benzene rings is 1. The van der Waals surface area contributed by atoms with Crippen LogP contribution in [0.25, 0.3) is 0 Å². The highest BCUT2D eigenvalue weighted by Gasteiger charge is 2.40. The SMILES string of the molecule is CC(C)N1CC2CCCC(C1)C2Nc1ccccc1F. The summed E-state index contributed by atoms with van der Waals surface area (Å²) in [5.74, 6) is 1.19. The van der Waals surface area contributed by atoms with E-state index in [1.54, 1.807) is 12.1 Å². The van der Waals surface area contributed by atoms with E-state index >= 15 is 0 Å². The Morgan fingerprint density at radius 1 is 1.15 bits per heavy atom. The Labute approximate surface area is 121 Å². The van der Waals surface area contributed by atoms with Gasteiger partial charge in [-0.1, -0.05) is 18.6 Å². The van der Waals surface area contributed by atoms with Gasteiger partial charge in [0, 0.05) is 25.2 Å². The molecule has 3 rings (SSSR count). The number of piperidine rings is 1. The molecule has 2 unspecified atom stereocenters. The first-order chi connectivity index (χ1) is 9.65. The summed E-state index contributed by atoms with van der Waals surface area (Å²) >= 11 is 0. The fourth-order valence-corrected chi connectivity index (χ4v) is 3.89. The zero-order valence-electron chi connectivity index (χ0n) is 12.5. The standard InChI is InChI=1S/C17H25FN2/c1-12(2)20-10-13-6-5-7-14(11-20)17(13)19-16-9-4-3-8-15(16)18/h3-4,8-9,12-14,17,19H,5-7,10-11H2,1-2H3. The Balaban J connectivity index is 1.75. The van der Waals surface area contributed by atoms with E-state index in [-0.39, 0.29) is 5.82 Å². The molecule has 1 saturated carbocycles. The summed E-state index contributed by atoms with van der Waals surface area (Å²) in [5, 5.41) is 3.51. The van der Waals surface area contributed by atoms with Crippen LogP contribution in [0.3, 0.4) is 0 Å². The molecule has 1 N–H and O–H groups in total. The quantitative estimate of drug-likeness (QED) is 0.904. The molecule has 110 valence electrons. The van der Waals surface area contributed by atoms with Crippen molar-refractivity contribution in [2.45, 2.75) is 45.2 Å². The van der Waals surface area contributed by atoms with Gasteiger partial charge in [-0.2, -0.15) is 0 Å². The van der Waals surface area contributed by atoms with Crippen LogP contribution < -0.4 is 5.32 Å². The van der Waals surface area contributed by atoms with E-state index in [1.807, 2.05) is 12.1 Å². The van der Waals surface area contributed by atoms with Gasteiger partial charge in [-0.15, -0.1) is 0 Å². The first-order valence-corrected chi connectivity index (χ1v) is 7.90. The van der Waals surface area contributed by atoms with Gasteiger partial charge >= 0.3 is 0 Å². The first kappa shape index (κ1) is 13.9. The maximum atomic E-state index is 13.9. The van der Waals surface area contributed by atoms with Crippen LogP contribution in [0.15, 0.2) is 24.3 Å². The van der Waals surface area contributed by atoms with Crippen LogP contribution in [-0.2, 0) is 0 Å². The number of halogens is 1. The molecular formula is C17H25FN2. The highest BCUT2D eigenvalue weighted by molar-refractivity contribution is 5.45. The number of anilines is 1. The zero-order valence-corrected chi connectivity index (χ0v) is 12.5. The molecule has 1 aliphatic carbocycles. The molecule has 2 atom stereocenters. The Bertz CT molecular complexity index is 446. The summed E-state index contributed by atoms with van der Waals surface area (Å²) in [7, 11) is 0. The van der Waals surface area contributed by atoms with Gasteiger partial charge in [0.2, 0.25) is 0 Å². The number of fused-ring (bicyclic) bond motifs is 2. The van der Waals surface area contributed by atoms with Crippen LogP contribution in [0.2, 0.25) is 0 Å². The smallest absolute Gasteiger partial charge is 0.146 e. The van der Waals surface area contributed by atoms with Crippen molar-refractivity contribution in [3.8, 4) is 0 Å². The lowest BCUT2D eigenvalue weighted by atomic mass is 9.73. The van der Waals surface area contributed by atoms with E-state index in [4.69, 9.17) is 0 Å². The van der Waals surface area contributed by atoms with Gasteiger partial charge in [0.15, 0.2) is 0 Å². The van der Waals surface area contributed by atoms with Crippen LogP contribution in [0.5, 0.6) is 0 Å². The van der Waals surface area contributed by atoms with Crippen LogP contribution in [0.1, 0.15) is 33.1 Å². The minimum atomic E-state index is -0.128. The van der Waals surface area contributed by atoms with Crippen molar-refractivity contribution < 1.29 is 4.39 Å². The topological polar surface area (TPSA) is 15.3 Å². The molecule has 2 nitrogen and oxygen atoms in total. The summed E-state index contributed by atoms with van der Waals surface area (Å²) in [6.45, 7) is 6.86. The molecule has 2 bridgehead atoms. The molecule has 1 aromatic carbocycles. The molecule has 0 aromatic heterocycles. The van der Waals surface area contributed by atoms with Gasteiger partial charge in [-0.25, -0.2) is 4.39 Å². The van der Waals surface area contributed by atoms with Gasteiger partial charge in [0.1, 0.15) is 5.82 Å². The van der Waals surface area contributed by atoms with Crippen molar-refractivity contribution in [1.29, 1.82) is 0 Å². The molecule has 0 spiro atoms. The largest absolute Gasteiger partial charge is 0.379 e. The summed E-state index contributed by atoms with van der Waals surface area (Å²) < 4.78 is 13.9. The summed E-state index contributed by atoms with van der Waals surface area (Å²) in [6.07, 6.45) is 3.87. The summed E-state index contributed by atoms with van der Waals surface area (Å²) in [6, 6.07) is 8.12. The third kappa shape index (κ3) is 2.69. The molecule has 2 fully saturated rings. The molecule has 1 aromatic rings. The molecule has 0 amide bonds. The second-order valence-corrected chi connectivity index (χ2v) is 6.65. The number of nitrogens with zero attached hydrogens (tertiary/aromatic N) is 1.